The Balaban J connectivity index is 2.15. The molecule has 1 heterocycles. The van der Waals surface area contributed by atoms with E-state index in [0.717, 1.165) is 17.9 Å². The van der Waals surface area contributed by atoms with Crippen LogP contribution in [0, 0.1) is 0 Å². The number of rotatable bonds is 3. The monoisotopic (exact) mass is 337 g/mol. The highest BCUT2D eigenvalue weighted by molar-refractivity contribution is 5.95. The lowest BCUT2D eigenvalue weighted by molar-refractivity contribution is -0.117. The first kappa shape index (κ1) is 17.5. The highest BCUT2D eigenvalue weighted by Crippen LogP contribution is 2.50. The number of hydrogen-bond acceptors (Lipinski definition) is 2. The third-order valence-electron chi connectivity index (χ3n) is 5.25. The molecule has 3 rings (SSSR count). The average Bonchev–Trinajstić information content (AvgIpc) is 2.54. The smallest absolute Gasteiger partial charge is 0.224 e. The van der Waals surface area contributed by atoms with E-state index in [1.165, 1.54) is 11.1 Å². The van der Waals surface area contributed by atoms with Gasteiger partial charge in [-0.25, -0.2) is 0 Å². The van der Waals surface area contributed by atoms with Gasteiger partial charge in [-0.05, 0) is 56.5 Å². The fraction of sp³-hybridized carbons (Fsp3) is 0.409. The van der Waals surface area contributed by atoms with E-state index >= 15 is 0 Å². The van der Waals surface area contributed by atoms with Crippen molar-refractivity contribution in [3.63, 3.8) is 0 Å². The molecule has 1 aliphatic rings. The fourth-order valence-corrected chi connectivity index (χ4v) is 4.44. The van der Waals surface area contributed by atoms with Crippen molar-refractivity contribution < 1.29 is 9.53 Å². The van der Waals surface area contributed by atoms with Crippen LogP contribution in [0.3, 0.4) is 0 Å². The van der Waals surface area contributed by atoms with E-state index in [1.807, 2.05) is 30.0 Å². The maximum absolute atomic E-state index is 12.4. The molecule has 0 aromatic heterocycles. The zero-order valence-electron chi connectivity index (χ0n) is 15.8. The van der Waals surface area contributed by atoms with E-state index in [4.69, 9.17) is 4.74 Å². The predicted molar refractivity (Wildman–Crippen MR) is 102 cm³/mol. The van der Waals surface area contributed by atoms with E-state index in [2.05, 4.69) is 51.1 Å². The van der Waals surface area contributed by atoms with Crippen molar-refractivity contribution in [3.05, 3.63) is 59.7 Å². The molecule has 132 valence electrons. The number of anilines is 1. The summed E-state index contributed by atoms with van der Waals surface area (Å²) in [7, 11) is 0. The quantitative estimate of drug-likeness (QED) is 0.795. The minimum absolute atomic E-state index is 0.0891. The molecule has 0 radical (unpaired) electrons. The van der Waals surface area contributed by atoms with Crippen molar-refractivity contribution in [2.24, 2.45) is 0 Å². The molecule has 0 spiro atoms. The molecular formula is C22H27NO2. The molecule has 0 saturated heterocycles. The Morgan fingerprint density at radius 2 is 1.72 bits per heavy atom. The van der Waals surface area contributed by atoms with Crippen LogP contribution in [0.15, 0.2) is 48.5 Å². The molecule has 0 bridgehead atoms. The zero-order valence-corrected chi connectivity index (χ0v) is 15.8. The Labute approximate surface area is 150 Å². The lowest BCUT2D eigenvalue weighted by atomic mass is 9.65. The number of amides is 1. The van der Waals surface area contributed by atoms with Gasteiger partial charge in [-0.2, -0.15) is 0 Å². The average molecular weight is 337 g/mol. The van der Waals surface area contributed by atoms with Gasteiger partial charge in [-0.15, -0.1) is 0 Å². The van der Waals surface area contributed by atoms with Gasteiger partial charge >= 0.3 is 0 Å². The summed E-state index contributed by atoms with van der Waals surface area (Å²) in [5.41, 5.74) is 3.06. The molecule has 2 aromatic rings. The summed E-state index contributed by atoms with van der Waals surface area (Å²) in [6.07, 6.45) is 0.866. The molecule has 1 unspecified atom stereocenters. The van der Waals surface area contributed by atoms with Gasteiger partial charge in [0.25, 0.3) is 0 Å². The maximum Gasteiger partial charge on any atom is 0.224 e. The van der Waals surface area contributed by atoms with Crippen LogP contribution in [-0.4, -0.2) is 18.1 Å². The van der Waals surface area contributed by atoms with Crippen molar-refractivity contribution in [3.8, 4) is 5.75 Å². The Hall–Kier alpha value is -2.29. The number of ether oxygens (including phenoxy) is 1. The number of fused-ring (bicyclic) bond motifs is 1. The summed E-state index contributed by atoms with van der Waals surface area (Å²) >= 11 is 0. The molecule has 3 nitrogen and oxygen atoms in total. The highest BCUT2D eigenvalue weighted by Gasteiger charge is 2.46. The van der Waals surface area contributed by atoms with Crippen LogP contribution < -0.4 is 9.64 Å². The highest BCUT2D eigenvalue weighted by atomic mass is 16.5. The Morgan fingerprint density at radius 1 is 1.08 bits per heavy atom. The van der Waals surface area contributed by atoms with Crippen molar-refractivity contribution >= 4 is 11.6 Å². The van der Waals surface area contributed by atoms with E-state index < -0.39 is 0 Å². The van der Waals surface area contributed by atoms with Gasteiger partial charge in [0.05, 0.1) is 6.61 Å². The van der Waals surface area contributed by atoms with Crippen LogP contribution in [0.1, 0.15) is 52.2 Å². The van der Waals surface area contributed by atoms with E-state index in [0.29, 0.717) is 6.61 Å². The molecule has 3 heteroatoms. The molecule has 1 amide bonds. The number of para-hydroxylation sites is 1. The van der Waals surface area contributed by atoms with Crippen LogP contribution in [0.25, 0.3) is 0 Å². The first-order chi connectivity index (χ1) is 11.8. The van der Waals surface area contributed by atoms with Gasteiger partial charge in [-0.1, -0.05) is 37.3 Å². The summed E-state index contributed by atoms with van der Waals surface area (Å²) in [5.74, 6) is 0.981. The van der Waals surface area contributed by atoms with Crippen LogP contribution in [-0.2, 0) is 10.2 Å². The third kappa shape index (κ3) is 2.92. The van der Waals surface area contributed by atoms with E-state index in [-0.39, 0.29) is 16.9 Å². The van der Waals surface area contributed by atoms with Crippen molar-refractivity contribution in [2.45, 2.75) is 52.0 Å². The van der Waals surface area contributed by atoms with Crippen molar-refractivity contribution in [1.29, 1.82) is 0 Å². The Kier molecular flexibility index (Phi) is 4.36. The number of carbonyl (C=O) groups excluding carboxylic acids is 1. The van der Waals surface area contributed by atoms with E-state index in [9.17, 15) is 4.79 Å². The number of benzene rings is 2. The van der Waals surface area contributed by atoms with Crippen LogP contribution in [0.2, 0.25) is 0 Å². The van der Waals surface area contributed by atoms with Crippen molar-refractivity contribution in [1.82, 2.24) is 0 Å². The summed E-state index contributed by atoms with van der Waals surface area (Å²) in [4.78, 5) is 14.3. The third-order valence-corrected chi connectivity index (χ3v) is 5.25. The van der Waals surface area contributed by atoms with Crippen LogP contribution >= 0.6 is 0 Å². The summed E-state index contributed by atoms with van der Waals surface area (Å²) < 4.78 is 5.59. The van der Waals surface area contributed by atoms with Gasteiger partial charge in [0.2, 0.25) is 5.91 Å². The van der Waals surface area contributed by atoms with Gasteiger partial charge < -0.3 is 9.64 Å². The first-order valence-corrected chi connectivity index (χ1v) is 8.93. The number of hydrogen-bond donors (Lipinski definition) is 0. The normalized spacial score (nSPS) is 21.6. The topological polar surface area (TPSA) is 29.5 Å². The molecule has 1 atom stereocenters. The predicted octanol–water partition coefficient (Wildman–Crippen LogP) is 4.93. The minimum atomic E-state index is -0.256. The molecule has 0 aliphatic carbocycles. The molecule has 1 aliphatic heterocycles. The van der Waals surface area contributed by atoms with Crippen LogP contribution in [0.5, 0.6) is 5.75 Å². The summed E-state index contributed by atoms with van der Waals surface area (Å²) in [6.45, 7) is 10.9. The van der Waals surface area contributed by atoms with Gasteiger partial charge in [0.15, 0.2) is 0 Å². The molecule has 2 aromatic carbocycles. The fourth-order valence-electron chi connectivity index (χ4n) is 4.44. The molecule has 25 heavy (non-hydrogen) atoms. The molecular weight excluding hydrogens is 310 g/mol. The van der Waals surface area contributed by atoms with Gasteiger partial charge in [-0.3, -0.25) is 4.79 Å². The minimum Gasteiger partial charge on any atom is -0.494 e. The number of nitrogens with zero attached hydrogens (tertiary/aromatic N) is 1. The SMILES string of the molecule is CCOc1ccc(C2(C)CC(C)(C)N(C(C)=O)c3ccccc32)cc1. The summed E-state index contributed by atoms with van der Waals surface area (Å²) in [5, 5.41) is 0. The second-order valence-electron chi connectivity index (χ2n) is 7.65. The molecule has 0 N–H and O–H groups in total. The summed E-state index contributed by atoms with van der Waals surface area (Å²) in [6, 6.07) is 16.7. The van der Waals surface area contributed by atoms with Gasteiger partial charge in [0, 0.05) is 23.6 Å². The Bertz CT molecular complexity index is 779. The Morgan fingerprint density at radius 3 is 2.32 bits per heavy atom. The van der Waals surface area contributed by atoms with Gasteiger partial charge in [0.1, 0.15) is 5.75 Å². The second kappa shape index (κ2) is 6.21. The maximum atomic E-state index is 12.4. The zero-order chi connectivity index (χ0) is 18.2. The lowest BCUT2D eigenvalue weighted by Gasteiger charge is -2.51. The second-order valence-corrected chi connectivity index (χ2v) is 7.65. The molecule has 0 saturated carbocycles. The number of carbonyl (C=O) groups is 1. The lowest BCUT2D eigenvalue weighted by Crippen LogP contribution is -2.55. The van der Waals surface area contributed by atoms with E-state index in [1.54, 1.807) is 6.92 Å². The van der Waals surface area contributed by atoms with Crippen molar-refractivity contribution in [2.75, 3.05) is 11.5 Å². The van der Waals surface area contributed by atoms with Crippen LogP contribution in [0.4, 0.5) is 5.69 Å². The standard InChI is InChI=1S/C22H27NO2/c1-6-25-18-13-11-17(12-14-18)22(5)15-21(3,4)23(16(2)24)20-10-8-7-9-19(20)22/h7-14H,6,15H2,1-5H3. The largest absolute Gasteiger partial charge is 0.494 e. The molecule has 0 fully saturated rings. The first-order valence-electron chi connectivity index (χ1n) is 8.93.